The molecule has 2 saturated heterocycles. The van der Waals surface area contributed by atoms with Crippen LogP contribution in [0.2, 0.25) is 0 Å². The highest BCUT2D eigenvalue weighted by molar-refractivity contribution is 6.03. The summed E-state index contributed by atoms with van der Waals surface area (Å²) >= 11 is 0. The normalized spacial score (nSPS) is 16.1. The van der Waals surface area contributed by atoms with Crippen molar-refractivity contribution in [2.24, 2.45) is 0 Å². The predicted octanol–water partition coefficient (Wildman–Crippen LogP) is 4.36. The summed E-state index contributed by atoms with van der Waals surface area (Å²) in [7, 11) is 0. The first-order chi connectivity index (χ1) is 19.3. The van der Waals surface area contributed by atoms with E-state index in [9.17, 15) is 22.8 Å². The molecule has 0 radical (unpaired) electrons. The number of alkyl halides is 3. The van der Waals surface area contributed by atoms with E-state index in [-0.39, 0.29) is 17.7 Å². The number of aromatic nitrogens is 2. The fourth-order valence-corrected chi connectivity index (χ4v) is 4.73. The van der Waals surface area contributed by atoms with Crippen LogP contribution in [0.1, 0.15) is 41.1 Å². The van der Waals surface area contributed by atoms with Crippen LogP contribution in [-0.2, 0) is 12.7 Å². The van der Waals surface area contributed by atoms with Crippen molar-refractivity contribution in [3.63, 3.8) is 0 Å². The van der Waals surface area contributed by atoms with Gasteiger partial charge in [0.1, 0.15) is 5.82 Å². The van der Waals surface area contributed by atoms with E-state index in [1.54, 1.807) is 21.9 Å². The van der Waals surface area contributed by atoms with E-state index in [2.05, 4.69) is 20.6 Å². The van der Waals surface area contributed by atoms with Crippen molar-refractivity contribution in [1.82, 2.24) is 20.2 Å². The smallest absolute Gasteiger partial charge is 0.417 e. The lowest BCUT2D eigenvalue weighted by Gasteiger charge is -2.35. The Balaban J connectivity index is 1.16. The molecule has 3 aromatic rings. The number of piperidine rings is 1. The predicted molar refractivity (Wildman–Crippen MR) is 142 cm³/mol. The second kappa shape index (κ2) is 11.8. The third-order valence-electron chi connectivity index (χ3n) is 6.90. The molecule has 0 saturated carbocycles. The number of anilines is 3. The number of carbonyl (C=O) groups excluding carboxylic acids is 2. The number of hydrogen-bond acceptors (Lipinski definition) is 7. The highest BCUT2D eigenvalue weighted by Crippen LogP contribution is 2.35. The van der Waals surface area contributed by atoms with Gasteiger partial charge >= 0.3 is 12.2 Å². The second-order valence-corrected chi connectivity index (χ2v) is 9.70. The minimum atomic E-state index is -4.84. The molecule has 40 heavy (non-hydrogen) atoms. The number of pyridine rings is 1. The molecule has 0 aliphatic carbocycles. The molecule has 13 heteroatoms. The van der Waals surface area contributed by atoms with E-state index in [4.69, 9.17) is 4.42 Å². The average molecular weight is 558 g/mol. The van der Waals surface area contributed by atoms with Crippen LogP contribution in [0, 0.1) is 0 Å². The van der Waals surface area contributed by atoms with Crippen molar-refractivity contribution >= 4 is 29.5 Å². The van der Waals surface area contributed by atoms with Crippen LogP contribution >= 0.6 is 0 Å². The SMILES string of the molecule is O=C(Nc1ccc(N2CCN(C(=O)NCc3ccccc3)CC2)nc1)c1oc(N2CCCCC2)nc1C(F)(F)F. The lowest BCUT2D eigenvalue weighted by Crippen LogP contribution is -2.51. The minimum Gasteiger partial charge on any atom is -0.417 e. The Labute approximate surface area is 229 Å². The summed E-state index contributed by atoms with van der Waals surface area (Å²) in [5.41, 5.74) is -0.108. The monoisotopic (exact) mass is 557 g/mol. The largest absolute Gasteiger partial charge is 0.437 e. The molecule has 2 aliphatic heterocycles. The molecule has 212 valence electrons. The number of amides is 3. The van der Waals surface area contributed by atoms with Crippen molar-refractivity contribution in [3.8, 4) is 0 Å². The van der Waals surface area contributed by atoms with Crippen molar-refractivity contribution in [3.05, 3.63) is 65.7 Å². The summed E-state index contributed by atoms with van der Waals surface area (Å²) in [5, 5.41) is 5.36. The maximum Gasteiger partial charge on any atom is 0.437 e. The Morgan fingerprint density at radius 1 is 0.900 bits per heavy atom. The number of nitrogens with one attached hydrogen (secondary N) is 2. The van der Waals surface area contributed by atoms with Crippen LogP contribution < -0.4 is 20.4 Å². The lowest BCUT2D eigenvalue weighted by atomic mass is 10.1. The van der Waals surface area contributed by atoms with Gasteiger partial charge in [-0.25, -0.2) is 9.78 Å². The van der Waals surface area contributed by atoms with Gasteiger partial charge in [-0.1, -0.05) is 30.3 Å². The molecule has 2 N–H and O–H groups in total. The fraction of sp³-hybridized carbons (Fsp3) is 0.407. The van der Waals surface area contributed by atoms with Gasteiger partial charge in [-0.15, -0.1) is 0 Å². The summed E-state index contributed by atoms with van der Waals surface area (Å²) in [6, 6.07) is 12.6. The number of halogens is 3. The number of urea groups is 1. The number of nitrogens with zero attached hydrogens (tertiary/aromatic N) is 5. The maximum absolute atomic E-state index is 13.6. The van der Waals surface area contributed by atoms with Crippen LogP contribution in [0.4, 0.5) is 35.5 Å². The quantitative estimate of drug-likeness (QED) is 0.464. The lowest BCUT2D eigenvalue weighted by molar-refractivity contribution is -0.141. The number of benzene rings is 1. The summed E-state index contributed by atoms with van der Waals surface area (Å²) in [5.74, 6) is -1.29. The highest BCUT2D eigenvalue weighted by atomic mass is 19.4. The van der Waals surface area contributed by atoms with E-state index < -0.39 is 23.5 Å². The van der Waals surface area contributed by atoms with Crippen LogP contribution in [0.5, 0.6) is 0 Å². The Morgan fingerprint density at radius 3 is 2.27 bits per heavy atom. The van der Waals surface area contributed by atoms with Crippen molar-refractivity contribution in [2.45, 2.75) is 32.0 Å². The van der Waals surface area contributed by atoms with Gasteiger partial charge in [-0.2, -0.15) is 18.2 Å². The molecule has 3 amide bonds. The minimum absolute atomic E-state index is 0.136. The summed E-state index contributed by atoms with van der Waals surface area (Å²) < 4.78 is 46.2. The van der Waals surface area contributed by atoms with Gasteiger partial charge in [0.25, 0.3) is 11.9 Å². The molecule has 0 unspecified atom stereocenters. The molecule has 1 aromatic carbocycles. The van der Waals surface area contributed by atoms with Crippen molar-refractivity contribution < 1.29 is 27.2 Å². The molecule has 0 atom stereocenters. The summed E-state index contributed by atoms with van der Waals surface area (Å²) in [6.45, 7) is 3.63. The molecule has 5 rings (SSSR count). The highest BCUT2D eigenvalue weighted by Gasteiger charge is 2.42. The Hall–Kier alpha value is -4.29. The van der Waals surface area contributed by atoms with E-state index in [0.717, 1.165) is 24.8 Å². The molecule has 2 aromatic heterocycles. The molecule has 4 heterocycles. The van der Waals surface area contributed by atoms with Gasteiger partial charge < -0.3 is 29.8 Å². The van der Waals surface area contributed by atoms with E-state index in [1.807, 2.05) is 35.2 Å². The van der Waals surface area contributed by atoms with E-state index in [1.165, 1.54) is 6.20 Å². The third-order valence-corrected chi connectivity index (χ3v) is 6.90. The number of carbonyl (C=O) groups is 2. The van der Waals surface area contributed by atoms with Crippen molar-refractivity contribution in [1.29, 1.82) is 0 Å². The van der Waals surface area contributed by atoms with Crippen LogP contribution in [0.25, 0.3) is 0 Å². The molecular formula is C27H30F3N7O3. The number of hydrogen-bond donors (Lipinski definition) is 2. The van der Waals surface area contributed by atoms with Gasteiger partial charge in [-0.05, 0) is 37.0 Å². The van der Waals surface area contributed by atoms with E-state index in [0.29, 0.717) is 51.6 Å². The Kier molecular flexibility index (Phi) is 8.08. The van der Waals surface area contributed by atoms with Gasteiger partial charge in [0, 0.05) is 45.8 Å². The van der Waals surface area contributed by atoms with Gasteiger partial charge in [0.15, 0.2) is 5.69 Å². The molecule has 2 fully saturated rings. The average Bonchev–Trinajstić information content (AvgIpc) is 3.44. The first-order valence-electron chi connectivity index (χ1n) is 13.2. The fourth-order valence-electron chi connectivity index (χ4n) is 4.73. The zero-order chi connectivity index (χ0) is 28.1. The first-order valence-corrected chi connectivity index (χ1v) is 13.2. The number of rotatable bonds is 6. The summed E-state index contributed by atoms with van der Waals surface area (Å²) in [6.07, 6.45) is -0.840. The topological polar surface area (TPSA) is 107 Å². The standard InChI is InChI=1S/C27H30F3N7O3/c28-27(29,30)23-22(40-26(34-23)37-11-5-2-6-12-37)24(38)33-20-9-10-21(31-18-20)35-13-15-36(16-14-35)25(39)32-17-19-7-3-1-4-8-19/h1,3-4,7-10,18H,2,5-6,11-17H2,(H,32,39)(H,33,38). The third kappa shape index (κ3) is 6.46. The van der Waals surface area contributed by atoms with E-state index >= 15 is 0 Å². The Morgan fingerprint density at radius 2 is 1.62 bits per heavy atom. The number of oxazole rings is 1. The molecule has 0 bridgehead atoms. The Bertz CT molecular complexity index is 1300. The number of piperazine rings is 1. The zero-order valence-corrected chi connectivity index (χ0v) is 21.8. The van der Waals surface area contributed by atoms with Crippen LogP contribution in [0.15, 0.2) is 53.1 Å². The first kappa shape index (κ1) is 27.3. The molecular weight excluding hydrogens is 527 g/mol. The van der Waals surface area contributed by atoms with Crippen molar-refractivity contribution in [2.75, 3.05) is 54.4 Å². The maximum atomic E-state index is 13.6. The van der Waals surface area contributed by atoms with Gasteiger partial charge in [-0.3, -0.25) is 4.79 Å². The summed E-state index contributed by atoms with van der Waals surface area (Å²) in [4.78, 5) is 38.6. The molecule has 2 aliphatic rings. The van der Waals surface area contributed by atoms with Gasteiger partial charge in [0.2, 0.25) is 5.76 Å². The van der Waals surface area contributed by atoms with Crippen LogP contribution in [-0.4, -0.2) is 66.1 Å². The molecule has 0 spiro atoms. The van der Waals surface area contributed by atoms with Crippen LogP contribution in [0.3, 0.4) is 0 Å². The zero-order valence-electron chi connectivity index (χ0n) is 21.8. The second-order valence-electron chi connectivity index (χ2n) is 9.70. The van der Waals surface area contributed by atoms with Gasteiger partial charge in [0.05, 0.1) is 11.9 Å². The molecule has 10 nitrogen and oxygen atoms in total.